The van der Waals surface area contributed by atoms with Gasteiger partial charge < -0.3 is 19.7 Å². The third-order valence-electron chi connectivity index (χ3n) is 5.34. The van der Waals surface area contributed by atoms with Crippen LogP contribution in [0.25, 0.3) is 0 Å². The summed E-state index contributed by atoms with van der Waals surface area (Å²) in [5.41, 5.74) is -1.60. The zero-order valence-electron chi connectivity index (χ0n) is 20.1. The van der Waals surface area contributed by atoms with E-state index in [-0.39, 0.29) is 55.8 Å². The van der Waals surface area contributed by atoms with Crippen LogP contribution in [-0.4, -0.2) is 62.9 Å². The lowest BCUT2D eigenvalue weighted by Crippen LogP contribution is -2.54. The van der Waals surface area contributed by atoms with Gasteiger partial charge in [0, 0.05) is 18.6 Å². The number of hydrogen-bond acceptors (Lipinski definition) is 6. The first-order valence-corrected chi connectivity index (χ1v) is 12.7. The molecule has 2 rings (SSSR count). The Bertz CT molecular complexity index is 992. The Hall–Kier alpha value is -2.73. The number of carbonyl (C=O) groups excluding carboxylic acids is 2. The maximum Gasteiger partial charge on any atom is 0.317 e. The van der Waals surface area contributed by atoms with Crippen LogP contribution in [0.4, 0.5) is 4.79 Å². The van der Waals surface area contributed by atoms with Gasteiger partial charge in [-0.2, -0.15) is 0 Å². The molecule has 0 saturated carbocycles. The van der Waals surface area contributed by atoms with Crippen molar-refractivity contribution in [3.63, 3.8) is 0 Å². The van der Waals surface area contributed by atoms with E-state index in [1.165, 1.54) is 12.1 Å². The van der Waals surface area contributed by atoms with Crippen molar-refractivity contribution in [2.45, 2.75) is 57.9 Å². The van der Waals surface area contributed by atoms with Gasteiger partial charge in [-0.3, -0.25) is 4.79 Å². The van der Waals surface area contributed by atoms with Crippen molar-refractivity contribution < 1.29 is 27.5 Å². The van der Waals surface area contributed by atoms with Crippen LogP contribution < -0.4 is 10.1 Å². The van der Waals surface area contributed by atoms with Crippen molar-refractivity contribution in [1.29, 1.82) is 0 Å². The molecule has 0 atom stereocenters. The molecule has 1 aromatic carbocycles. The first-order chi connectivity index (χ1) is 15.4. The molecular formula is C24H34N2O6S. The summed E-state index contributed by atoms with van der Waals surface area (Å²) in [5.74, 6) is 5.09. The fourth-order valence-electron chi connectivity index (χ4n) is 3.61. The highest BCUT2D eigenvalue weighted by atomic mass is 32.2. The zero-order valence-corrected chi connectivity index (χ0v) is 20.9. The summed E-state index contributed by atoms with van der Waals surface area (Å²) in [6.07, 6.45) is 0.416. The minimum Gasteiger partial charge on any atom is -0.481 e. The number of esters is 1. The number of likely N-dealkylation sites (tertiary alicyclic amines) is 1. The van der Waals surface area contributed by atoms with Crippen molar-refractivity contribution in [2.75, 3.05) is 32.1 Å². The smallest absolute Gasteiger partial charge is 0.317 e. The molecule has 2 amide bonds. The number of nitrogens with zero attached hydrogens (tertiary/aromatic N) is 1. The minimum absolute atomic E-state index is 0.105. The zero-order chi connectivity index (χ0) is 24.7. The van der Waals surface area contributed by atoms with Crippen LogP contribution in [-0.2, 0) is 19.4 Å². The van der Waals surface area contributed by atoms with Crippen LogP contribution in [0.5, 0.6) is 5.75 Å². The van der Waals surface area contributed by atoms with E-state index in [0.29, 0.717) is 5.75 Å². The maximum atomic E-state index is 13.2. The van der Waals surface area contributed by atoms with Gasteiger partial charge in [0.1, 0.15) is 12.4 Å². The third-order valence-corrected chi connectivity index (χ3v) is 7.26. The van der Waals surface area contributed by atoms with Gasteiger partial charge >= 0.3 is 12.0 Å². The Morgan fingerprint density at radius 3 is 2.27 bits per heavy atom. The van der Waals surface area contributed by atoms with Crippen LogP contribution in [0.2, 0.25) is 0 Å². The molecule has 8 nitrogen and oxygen atoms in total. The topological polar surface area (TPSA) is 102 Å². The molecule has 0 bridgehead atoms. The lowest BCUT2D eigenvalue weighted by molar-refractivity contribution is -0.156. The molecule has 182 valence electrons. The van der Waals surface area contributed by atoms with Gasteiger partial charge in [0.2, 0.25) is 0 Å². The lowest BCUT2D eigenvalue weighted by atomic mass is 9.80. The van der Waals surface area contributed by atoms with E-state index in [9.17, 15) is 18.0 Å². The highest BCUT2D eigenvalue weighted by Gasteiger charge is 2.47. The van der Waals surface area contributed by atoms with Gasteiger partial charge in [0.05, 0.1) is 22.7 Å². The van der Waals surface area contributed by atoms with Gasteiger partial charge in [-0.1, -0.05) is 5.92 Å². The van der Waals surface area contributed by atoms with Crippen molar-refractivity contribution in [3.05, 3.63) is 24.3 Å². The van der Waals surface area contributed by atoms with Gasteiger partial charge in [-0.15, -0.1) is 5.92 Å². The number of carbonyl (C=O) groups is 2. The molecule has 1 aliphatic heterocycles. The highest BCUT2D eigenvalue weighted by molar-refractivity contribution is 7.91. The molecule has 0 unspecified atom stereocenters. The monoisotopic (exact) mass is 478 g/mol. The molecular weight excluding hydrogens is 444 g/mol. The maximum absolute atomic E-state index is 13.2. The Morgan fingerprint density at radius 2 is 1.76 bits per heavy atom. The van der Waals surface area contributed by atoms with E-state index in [1.807, 2.05) is 20.8 Å². The second kappa shape index (κ2) is 10.9. The van der Waals surface area contributed by atoms with Gasteiger partial charge in [-0.05, 0) is 71.7 Å². The molecule has 0 aromatic heterocycles. The molecule has 9 heteroatoms. The molecule has 1 aromatic rings. The number of ether oxygens (including phenoxy) is 2. The SMILES string of the molecule is CC#CCOc1ccc(S(=O)(=O)CC2(C(=O)OCC)CCN(C(=O)NC(C)(C)C)CC2)cc1. The first-order valence-electron chi connectivity index (χ1n) is 11.0. The Balaban J connectivity index is 2.18. The van der Waals surface area contributed by atoms with E-state index in [1.54, 1.807) is 30.9 Å². The molecule has 1 N–H and O–H groups in total. The molecule has 0 spiro atoms. The van der Waals surface area contributed by atoms with E-state index in [4.69, 9.17) is 9.47 Å². The summed E-state index contributed by atoms with van der Waals surface area (Å²) in [4.78, 5) is 27.1. The predicted molar refractivity (Wildman–Crippen MR) is 126 cm³/mol. The molecule has 1 aliphatic rings. The van der Waals surface area contributed by atoms with Crippen molar-refractivity contribution in [1.82, 2.24) is 10.2 Å². The van der Waals surface area contributed by atoms with Gasteiger partial charge in [0.15, 0.2) is 9.84 Å². The van der Waals surface area contributed by atoms with Crippen molar-refractivity contribution in [2.24, 2.45) is 5.41 Å². The van der Waals surface area contributed by atoms with Gasteiger partial charge in [-0.25, -0.2) is 13.2 Å². The normalized spacial score (nSPS) is 15.7. The summed E-state index contributed by atoms with van der Waals surface area (Å²) in [6, 6.07) is 5.84. The van der Waals surface area contributed by atoms with Crippen molar-refractivity contribution in [3.8, 4) is 17.6 Å². The first kappa shape index (κ1) is 26.5. The third kappa shape index (κ3) is 7.39. The number of sulfone groups is 1. The number of amides is 2. The molecule has 1 saturated heterocycles. The summed E-state index contributed by atoms with van der Waals surface area (Å²) >= 11 is 0. The molecule has 1 heterocycles. The second-order valence-electron chi connectivity index (χ2n) is 9.11. The summed E-state index contributed by atoms with van der Waals surface area (Å²) in [5, 5.41) is 2.90. The molecule has 1 fully saturated rings. The summed E-state index contributed by atoms with van der Waals surface area (Å²) in [6.45, 7) is 9.96. The van der Waals surface area contributed by atoms with Crippen LogP contribution >= 0.6 is 0 Å². The van der Waals surface area contributed by atoms with Crippen LogP contribution in [0, 0.1) is 17.3 Å². The largest absolute Gasteiger partial charge is 0.481 e. The Morgan fingerprint density at radius 1 is 1.15 bits per heavy atom. The average Bonchev–Trinajstić information content (AvgIpc) is 2.73. The molecule has 33 heavy (non-hydrogen) atoms. The van der Waals surface area contributed by atoms with E-state index < -0.39 is 26.8 Å². The van der Waals surface area contributed by atoms with Gasteiger partial charge in [0.25, 0.3) is 0 Å². The predicted octanol–water partition coefficient (Wildman–Crippen LogP) is 3.02. The number of benzene rings is 1. The minimum atomic E-state index is -3.79. The number of hydrogen-bond donors (Lipinski definition) is 1. The standard InChI is InChI=1S/C24H34N2O6S/c1-6-8-17-32-19-9-11-20(12-10-19)33(29,30)18-24(21(27)31-7-2)13-15-26(16-14-24)22(28)25-23(3,4)5/h9-12H,7,13-18H2,1-5H3,(H,25,28). The van der Waals surface area contributed by atoms with E-state index in [0.717, 1.165) is 0 Å². The lowest BCUT2D eigenvalue weighted by Gasteiger charge is -2.40. The van der Waals surface area contributed by atoms with Crippen LogP contribution in [0.15, 0.2) is 29.2 Å². The number of nitrogens with one attached hydrogen (secondary N) is 1. The second-order valence-corrected chi connectivity index (χ2v) is 11.1. The van der Waals surface area contributed by atoms with Crippen LogP contribution in [0.3, 0.4) is 0 Å². The van der Waals surface area contributed by atoms with E-state index in [2.05, 4.69) is 17.2 Å². The fourth-order valence-corrected chi connectivity index (χ4v) is 5.46. The fraction of sp³-hybridized carbons (Fsp3) is 0.583. The number of piperidine rings is 1. The average molecular weight is 479 g/mol. The summed E-state index contributed by atoms with van der Waals surface area (Å²) in [7, 11) is -3.79. The van der Waals surface area contributed by atoms with Crippen molar-refractivity contribution >= 4 is 21.8 Å². The summed E-state index contributed by atoms with van der Waals surface area (Å²) < 4.78 is 37.1. The number of rotatable bonds is 7. The van der Waals surface area contributed by atoms with E-state index >= 15 is 0 Å². The molecule has 0 aliphatic carbocycles. The number of urea groups is 1. The molecule has 0 radical (unpaired) electrons. The Labute approximate surface area is 196 Å². The quantitative estimate of drug-likeness (QED) is 0.477. The Kier molecular flexibility index (Phi) is 8.78. The van der Waals surface area contributed by atoms with Crippen LogP contribution in [0.1, 0.15) is 47.5 Å². The highest BCUT2D eigenvalue weighted by Crippen LogP contribution is 2.36.